The number of carbonyl (C=O) groups is 1. The molecule has 31 heavy (non-hydrogen) atoms. The molecule has 0 spiro atoms. The number of nitrogens with zero attached hydrogens (tertiary/aromatic N) is 4. The highest BCUT2D eigenvalue weighted by Gasteiger charge is 2.26. The predicted molar refractivity (Wildman–Crippen MR) is 120 cm³/mol. The second kappa shape index (κ2) is 8.16. The number of benzodiazepines with no additional fused rings is 1. The summed E-state index contributed by atoms with van der Waals surface area (Å²) in [5.74, 6) is 0.193. The zero-order chi connectivity index (χ0) is 21.0. The van der Waals surface area contributed by atoms with Crippen LogP contribution in [0.25, 0.3) is 11.3 Å². The van der Waals surface area contributed by atoms with Gasteiger partial charge in [0.1, 0.15) is 0 Å². The zero-order valence-corrected chi connectivity index (χ0v) is 16.4. The number of hydrogen-bond donors (Lipinski definition) is 2. The molecule has 1 amide bonds. The molecule has 1 aliphatic rings. The fourth-order valence-electron chi connectivity index (χ4n) is 3.41. The minimum atomic E-state index is -0.858. The van der Waals surface area contributed by atoms with Gasteiger partial charge in [0.2, 0.25) is 6.17 Å². The summed E-state index contributed by atoms with van der Waals surface area (Å²) in [7, 11) is 0. The minimum Gasteiger partial charge on any atom is -0.339 e. The van der Waals surface area contributed by atoms with Gasteiger partial charge in [-0.3, -0.25) is 9.78 Å². The molecule has 7 heteroatoms. The summed E-state index contributed by atoms with van der Waals surface area (Å²) in [6.07, 6.45) is 2.55. The van der Waals surface area contributed by atoms with Crippen molar-refractivity contribution in [3.05, 3.63) is 102 Å². The van der Waals surface area contributed by atoms with Gasteiger partial charge in [-0.2, -0.15) is 0 Å². The number of amides is 1. The Morgan fingerprint density at radius 3 is 2.32 bits per heavy atom. The van der Waals surface area contributed by atoms with E-state index >= 15 is 0 Å². The van der Waals surface area contributed by atoms with Gasteiger partial charge in [-0.05, 0) is 30.3 Å². The van der Waals surface area contributed by atoms with Crippen molar-refractivity contribution in [2.75, 3.05) is 10.6 Å². The molecule has 2 aromatic heterocycles. The fraction of sp³-hybridized carbons (Fsp3) is 0.0417. The van der Waals surface area contributed by atoms with Crippen LogP contribution >= 0.6 is 0 Å². The van der Waals surface area contributed by atoms with Crippen LogP contribution in [-0.4, -0.2) is 33.0 Å². The number of para-hydroxylation sites is 1. The lowest BCUT2D eigenvalue weighted by Gasteiger charge is -2.13. The van der Waals surface area contributed by atoms with Gasteiger partial charge in [-0.15, -0.1) is 10.2 Å². The van der Waals surface area contributed by atoms with Gasteiger partial charge in [-0.1, -0.05) is 48.5 Å². The van der Waals surface area contributed by atoms with Crippen molar-refractivity contribution in [1.82, 2.24) is 15.2 Å². The molecule has 0 aliphatic carbocycles. The van der Waals surface area contributed by atoms with Crippen LogP contribution in [0, 0.1) is 0 Å². The average molecular weight is 406 g/mol. The van der Waals surface area contributed by atoms with Crippen LogP contribution in [0.5, 0.6) is 0 Å². The predicted octanol–water partition coefficient (Wildman–Crippen LogP) is 3.77. The first-order valence-corrected chi connectivity index (χ1v) is 9.82. The SMILES string of the molecule is O=C1Nc2ccccc2C(c2ccccc2)=NC1Nc1ccc(-c2ccncc2)nn1. The normalized spacial score (nSPS) is 15.3. The van der Waals surface area contributed by atoms with E-state index in [1.165, 1.54) is 0 Å². The molecule has 2 N–H and O–H groups in total. The Morgan fingerprint density at radius 2 is 1.55 bits per heavy atom. The summed E-state index contributed by atoms with van der Waals surface area (Å²) in [6.45, 7) is 0. The number of carbonyl (C=O) groups excluding carboxylic acids is 1. The Kier molecular flexibility index (Phi) is 4.90. The van der Waals surface area contributed by atoms with Gasteiger partial charge in [0, 0.05) is 29.1 Å². The van der Waals surface area contributed by atoms with Crippen LogP contribution in [0.1, 0.15) is 11.1 Å². The highest BCUT2D eigenvalue weighted by molar-refractivity contribution is 6.19. The molecule has 0 bridgehead atoms. The smallest absolute Gasteiger partial charge is 0.269 e. The molecule has 1 aliphatic heterocycles. The van der Waals surface area contributed by atoms with Crippen molar-refractivity contribution < 1.29 is 4.79 Å². The maximum atomic E-state index is 12.9. The number of benzene rings is 2. The number of aromatic nitrogens is 3. The number of fused-ring (bicyclic) bond motifs is 1. The largest absolute Gasteiger partial charge is 0.339 e. The van der Waals surface area contributed by atoms with Crippen LogP contribution in [0.2, 0.25) is 0 Å². The van der Waals surface area contributed by atoms with Gasteiger partial charge in [0.15, 0.2) is 5.82 Å². The molecule has 0 saturated carbocycles. The van der Waals surface area contributed by atoms with E-state index in [9.17, 15) is 4.79 Å². The Bertz CT molecular complexity index is 1240. The van der Waals surface area contributed by atoms with E-state index in [4.69, 9.17) is 4.99 Å². The molecule has 7 nitrogen and oxygen atoms in total. The summed E-state index contributed by atoms with van der Waals surface area (Å²) >= 11 is 0. The van der Waals surface area contributed by atoms with E-state index in [1.807, 2.05) is 72.8 Å². The number of pyridine rings is 1. The molecule has 5 rings (SSSR count). The highest BCUT2D eigenvalue weighted by Crippen LogP contribution is 2.24. The second-order valence-corrected chi connectivity index (χ2v) is 6.97. The molecule has 1 unspecified atom stereocenters. The molecule has 0 fully saturated rings. The van der Waals surface area contributed by atoms with E-state index in [0.29, 0.717) is 5.82 Å². The van der Waals surface area contributed by atoms with Gasteiger partial charge < -0.3 is 10.6 Å². The molecule has 0 radical (unpaired) electrons. The van der Waals surface area contributed by atoms with E-state index < -0.39 is 6.17 Å². The number of hydrogen-bond acceptors (Lipinski definition) is 6. The lowest BCUT2D eigenvalue weighted by Crippen LogP contribution is -2.33. The van der Waals surface area contributed by atoms with Crippen LogP contribution in [0.3, 0.4) is 0 Å². The van der Waals surface area contributed by atoms with Gasteiger partial charge in [0.25, 0.3) is 5.91 Å². The maximum Gasteiger partial charge on any atom is 0.269 e. The molecule has 2 aromatic carbocycles. The van der Waals surface area contributed by atoms with Crippen molar-refractivity contribution in [1.29, 1.82) is 0 Å². The van der Waals surface area contributed by atoms with Crippen molar-refractivity contribution in [3.63, 3.8) is 0 Å². The first kappa shape index (κ1) is 18.6. The number of anilines is 2. The van der Waals surface area contributed by atoms with Crippen molar-refractivity contribution in [2.24, 2.45) is 4.99 Å². The second-order valence-electron chi connectivity index (χ2n) is 6.97. The van der Waals surface area contributed by atoms with Gasteiger partial charge >= 0.3 is 0 Å². The maximum absolute atomic E-state index is 12.9. The van der Waals surface area contributed by atoms with Crippen molar-refractivity contribution >= 4 is 23.1 Å². The Labute approximate surface area is 178 Å². The summed E-state index contributed by atoms with van der Waals surface area (Å²) < 4.78 is 0. The van der Waals surface area contributed by atoms with Gasteiger partial charge in [0.05, 0.1) is 17.1 Å². The first-order valence-electron chi connectivity index (χ1n) is 9.82. The minimum absolute atomic E-state index is 0.265. The average Bonchev–Trinajstić information content (AvgIpc) is 2.97. The third kappa shape index (κ3) is 3.89. The lowest BCUT2D eigenvalue weighted by molar-refractivity contribution is -0.116. The number of rotatable bonds is 4. The van der Waals surface area contributed by atoms with E-state index in [-0.39, 0.29) is 5.91 Å². The Morgan fingerprint density at radius 1 is 0.774 bits per heavy atom. The molecular formula is C24H18N6O. The molecule has 150 valence electrons. The number of nitrogens with one attached hydrogen (secondary N) is 2. The molecule has 0 saturated heterocycles. The van der Waals surface area contributed by atoms with Crippen LogP contribution in [0.15, 0.2) is 96.2 Å². The van der Waals surface area contributed by atoms with E-state index in [0.717, 1.165) is 33.8 Å². The number of aliphatic imine (C=N–C) groups is 1. The summed E-state index contributed by atoms with van der Waals surface area (Å²) in [5, 5.41) is 14.5. The molecule has 1 atom stereocenters. The van der Waals surface area contributed by atoms with E-state index in [1.54, 1.807) is 18.5 Å². The van der Waals surface area contributed by atoms with Crippen molar-refractivity contribution in [3.8, 4) is 11.3 Å². The van der Waals surface area contributed by atoms with Crippen molar-refractivity contribution in [2.45, 2.75) is 6.17 Å². The quantitative estimate of drug-likeness (QED) is 0.538. The topological polar surface area (TPSA) is 92.2 Å². The summed E-state index contributed by atoms with van der Waals surface area (Å²) in [4.78, 5) is 21.7. The summed E-state index contributed by atoms with van der Waals surface area (Å²) in [6, 6.07) is 24.8. The summed E-state index contributed by atoms with van der Waals surface area (Å²) in [5.41, 5.74) is 4.88. The monoisotopic (exact) mass is 406 g/mol. The van der Waals surface area contributed by atoms with E-state index in [2.05, 4.69) is 25.8 Å². The fourth-order valence-corrected chi connectivity index (χ4v) is 3.41. The zero-order valence-electron chi connectivity index (χ0n) is 16.4. The lowest BCUT2D eigenvalue weighted by atomic mass is 10.0. The molecule has 3 heterocycles. The standard InChI is InChI=1S/C24H18N6O/c31-24-23(27-21-11-10-19(29-30-21)16-12-14-25-15-13-16)28-22(17-6-2-1-3-7-17)18-8-4-5-9-20(18)26-24/h1-15,23H,(H,26,31)(H,27,30). The highest BCUT2D eigenvalue weighted by atomic mass is 16.2. The Hall–Kier alpha value is -4.39. The van der Waals surface area contributed by atoms with Crippen LogP contribution < -0.4 is 10.6 Å². The third-order valence-corrected chi connectivity index (χ3v) is 4.92. The Balaban J connectivity index is 1.48. The van der Waals surface area contributed by atoms with Gasteiger partial charge in [-0.25, -0.2) is 4.99 Å². The molecule has 4 aromatic rings. The van der Waals surface area contributed by atoms with Crippen LogP contribution in [0.4, 0.5) is 11.5 Å². The first-order chi connectivity index (χ1) is 15.3. The van der Waals surface area contributed by atoms with Crippen LogP contribution in [-0.2, 0) is 4.79 Å². The molecular weight excluding hydrogens is 388 g/mol. The third-order valence-electron chi connectivity index (χ3n) is 4.92.